The second-order valence-electron chi connectivity index (χ2n) is 7.80. The van der Waals surface area contributed by atoms with Crippen molar-refractivity contribution >= 4 is 64.2 Å². The zero-order chi connectivity index (χ0) is 26.9. The molecular formula is C25H18Cl3N2O6S-. The van der Waals surface area contributed by atoms with Crippen molar-refractivity contribution in [2.24, 2.45) is 4.99 Å². The summed E-state index contributed by atoms with van der Waals surface area (Å²) in [4.78, 5) is 42.2. The summed E-state index contributed by atoms with van der Waals surface area (Å²) in [6.07, 6.45) is 1.57. The molecule has 0 N–H and O–H groups in total. The second-order valence-corrected chi connectivity index (χ2v) is 10.0. The Morgan fingerprint density at radius 3 is 2.46 bits per heavy atom. The number of thiazole rings is 1. The first-order valence-electron chi connectivity index (χ1n) is 10.9. The summed E-state index contributed by atoms with van der Waals surface area (Å²) in [5, 5.41) is 11.2. The summed E-state index contributed by atoms with van der Waals surface area (Å²) in [5.41, 5.74) is 1.24. The third-order valence-electron chi connectivity index (χ3n) is 5.37. The Morgan fingerprint density at radius 2 is 1.84 bits per heavy atom. The molecule has 1 atom stereocenters. The van der Waals surface area contributed by atoms with E-state index in [-0.39, 0.29) is 28.0 Å². The molecule has 12 heteroatoms. The number of aromatic nitrogens is 1. The van der Waals surface area contributed by atoms with Crippen LogP contribution in [0.3, 0.4) is 0 Å². The van der Waals surface area contributed by atoms with Gasteiger partial charge < -0.3 is 19.4 Å². The molecule has 0 aliphatic carbocycles. The molecule has 1 aromatic heterocycles. The average molecular weight is 581 g/mol. The van der Waals surface area contributed by atoms with Gasteiger partial charge in [-0.05, 0) is 49.2 Å². The maximum atomic E-state index is 13.7. The second kappa shape index (κ2) is 11.1. The van der Waals surface area contributed by atoms with Gasteiger partial charge in [0.05, 0.1) is 38.4 Å². The molecular weight excluding hydrogens is 563 g/mol. The van der Waals surface area contributed by atoms with Crippen LogP contribution in [0.4, 0.5) is 0 Å². The zero-order valence-electron chi connectivity index (χ0n) is 19.4. The van der Waals surface area contributed by atoms with Gasteiger partial charge in [-0.15, -0.1) is 0 Å². The van der Waals surface area contributed by atoms with Crippen molar-refractivity contribution in [3.8, 4) is 5.75 Å². The lowest BCUT2D eigenvalue weighted by Gasteiger charge is -2.25. The molecule has 2 aromatic carbocycles. The molecule has 0 unspecified atom stereocenters. The Hall–Kier alpha value is -3.11. The van der Waals surface area contributed by atoms with Crippen LogP contribution in [0.25, 0.3) is 6.08 Å². The summed E-state index contributed by atoms with van der Waals surface area (Å²) in [5.74, 6) is -2.03. The van der Waals surface area contributed by atoms with Gasteiger partial charge in [-0.1, -0.05) is 64.3 Å². The molecule has 0 fully saturated rings. The lowest BCUT2D eigenvalue weighted by Crippen LogP contribution is -2.40. The van der Waals surface area contributed by atoms with Crippen LogP contribution in [0.5, 0.6) is 5.75 Å². The van der Waals surface area contributed by atoms with Crippen LogP contribution in [-0.2, 0) is 14.3 Å². The molecule has 1 aliphatic rings. The fourth-order valence-corrected chi connectivity index (χ4v) is 5.76. The molecule has 0 amide bonds. The molecule has 3 aromatic rings. The minimum Gasteiger partial charge on any atom is -0.546 e. The SMILES string of the molecule is CCOC(=O)C1=C(C)N=c2s/c(=C/c3cc(Cl)c(OCC(=O)[O-])c(Cl)c3)c(=O)n2[C@@H]1c1ccccc1Cl. The third kappa shape index (κ3) is 5.45. The number of aliphatic carboxylic acids is 1. The van der Waals surface area contributed by atoms with Gasteiger partial charge in [0.25, 0.3) is 5.56 Å². The lowest BCUT2D eigenvalue weighted by atomic mass is 9.96. The van der Waals surface area contributed by atoms with Crippen LogP contribution in [0.15, 0.2) is 57.5 Å². The van der Waals surface area contributed by atoms with Crippen molar-refractivity contribution in [2.45, 2.75) is 19.9 Å². The smallest absolute Gasteiger partial charge is 0.338 e. The molecule has 1 aliphatic heterocycles. The highest BCUT2D eigenvalue weighted by Gasteiger charge is 2.34. The number of ether oxygens (including phenoxy) is 2. The molecule has 8 nitrogen and oxygen atoms in total. The van der Waals surface area contributed by atoms with Crippen LogP contribution >= 0.6 is 46.1 Å². The van der Waals surface area contributed by atoms with E-state index in [9.17, 15) is 19.5 Å². The summed E-state index contributed by atoms with van der Waals surface area (Å²) in [7, 11) is 0. The summed E-state index contributed by atoms with van der Waals surface area (Å²) in [6.45, 7) is 2.80. The minimum absolute atomic E-state index is 0.0143. The van der Waals surface area contributed by atoms with Gasteiger partial charge in [0.1, 0.15) is 12.6 Å². The summed E-state index contributed by atoms with van der Waals surface area (Å²) in [6, 6.07) is 9.06. The van der Waals surface area contributed by atoms with Crippen molar-refractivity contribution in [3.63, 3.8) is 0 Å². The number of carboxylic acid groups (broad SMARTS) is 1. The number of halogens is 3. The molecule has 0 saturated heterocycles. The predicted molar refractivity (Wildman–Crippen MR) is 139 cm³/mol. The number of benzene rings is 2. The Labute approximate surface area is 229 Å². The molecule has 0 spiro atoms. The summed E-state index contributed by atoms with van der Waals surface area (Å²) < 4.78 is 12.1. The van der Waals surface area contributed by atoms with E-state index in [4.69, 9.17) is 44.3 Å². The van der Waals surface area contributed by atoms with E-state index in [2.05, 4.69) is 4.99 Å². The van der Waals surface area contributed by atoms with Gasteiger partial charge in [-0.2, -0.15) is 0 Å². The highest BCUT2D eigenvalue weighted by molar-refractivity contribution is 7.07. The molecule has 37 heavy (non-hydrogen) atoms. The zero-order valence-corrected chi connectivity index (χ0v) is 22.5. The topological polar surface area (TPSA) is 110 Å². The van der Waals surface area contributed by atoms with E-state index < -0.39 is 30.1 Å². The van der Waals surface area contributed by atoms with Crippen LogP contribution in [0.1, 0.15) is 31.0 Å². The molecule has 4 rings (SSSR count). The van der Waals surface area contributed by atoms with Crippen LogP contribution in [-0.4, -0.2) is 29.7 Å². The Morgan fingerprint density at radius 1 is 1.16 bits per heavy atom. The molecule has 0 saturated carbocycles. The van der Waals surface area contributed by atoms with Crippen LogP contribution in [0.2, 0.25) is 15.1 Å². The third-order valence-corrected chi connectivity index (χ3v) is 7.26. The van der Waals surface area contributed by atoms with Crippen molar-refractivity contribution in [3.05, 3.63) is 93.6 Å². The van der Waals surface area contributed by atoms with Gasteiger partial charge in [-0.3, -0.25) is 9.36 Å². The maximum Gasteiger partial charge on any atom is 0.338 e. The van der Waals surface area contributed by atoms with Gasteiger partial charge >= 0.3 is 5.97 Å². The van der Waals surface area contributed by atoms with Crippen molar-refractivity contribution in [1.82, 2.24) is 4.57 Å². The largest absolute Gasteiger partial charge is 0.546 e. The van der Waals surface area contributed by atoms with E-state index in [0.29, 0.717) is 31.2 Å². The standard InChI is InChI=1S/C25H19Cl3N2O6S/c1-3-35-24(34)20-12(2)29-25-30(21(20)14-6-4-5-7-15(14)26)23(33)18(37-25)10-13-8-16(27)22(17(28)9-13)36-11-19(31)32/h4-10,21H,3,11H2,1-2H3,(H,31,32)/p-1/b18-10+/t21-/m1/s1. The van der Waals surface area contributed by atoms with E-state index in [1.165, 1.54) is 16.7 Å². The fraction of sp³-hybridized carbons (Fsp3) is 0.200. The Kier molecular flexibility index (Phi) is 8.08. The van der Waals surface area contributed by atoms with Gasteiger partial charge in [0.2, 0.25) is 0 Å². The van der Waals surface area contributed by atoms with Gasteiger partial charge in [0.15, 0.2) is 10.6 Å². The highest BCUT2D eigenvalue weighted by Crippen LogP contribution is 2.35. The molecule has 2 heterocycles. The number of carbonyl (C=O) groups excluding carboxylic acids is 2. The number of rotatable bonds is 7. The number of carboxylic acids is 1. The van der Waals surface area contributed by atoms with E-state index in [1.807, 2.05) is 0 Å². The van der Waals surface area contributed by atoms with Gasteiger partial charge in [0, 0.05) is 5.02 Å². The van der Waals surface area contributed by atoms with E-state index in [1.54, 1.807) is 44.2 Å². The number of nitrogens with zero attached hydrogens (tertiary/aromatic N) is 2. The molecule has 0 radical (unpaired) electrons. The van der Waals surface area contributed by atoms with E-state index >= 15 is 0 Å². The average Bonchev–Trinajstić information content (AvgIpc) is 3.12. The minimum atomic E-state index is -1.43. The first kappa shape index (κ1) is 26.9. The Balaban J connectivity index is 1.88. The number of hydrogen-bond donors (Lipinski definition) is 0. The van der Waals surface area contributed by atoms with Crippen molar-refractivity contribution in [2.75, 3.05) is 13.2 Å². The maximum absolute atomic E-state index is 13.7. The predicted octanol–water partition coefficient (Wildman–Crippen LogP) is 2.89. The number of carbonyl (C=O) groups is 2. The van der Waals surface area contributed by atoms with Crippen molar-refractivity contribution in [1.29, 1.82) is 0 Å². The number of fused-ring (bicyclic) bond motifs is 1. The monoisotopic (exact) mass is 579 g/mol. The lowest BCUT2D eigenvalue weighted by molar-refractivity contribution is -0.307. The normalized spacial score (nSPS) is 15.3. The number of esters is 1. The summed E-state index contributed by atoms with van der Waals surface area (Å²) >= 11 is 20.1. The first-order chi connectivity index (χ1) is 17.6. The highest BCUT2D eigenvalue weighted by atomic mass is 35.5. The van der Waals surface area contributed by atoms with Gasteiger partial charge in [-0.25, -0.2) is 9.79 Å². The quantitative estimate of drug-likeness (QED) is 0.398. The van der Waals surface area contributed by atoms with Crippen LogP contribution < -0.4 is 24.7 Å². The fourth-order valence-electron chi connectivity index (χ4n) is 3.87. The molecule has 192 valence electrons. The van der Waals surface area contributed by atoms with Crippen molar-refractivity contribution < 1.29 is 24.2 Å². The number of allylic oxidation sites excluding steroid dienone is 1. The van der Waals surface area contributed by atoms with E-state index in [0.717, 1.165) is 11.3 Å². The Bertz CT molecular complexity index is 1600. The van der Waals surface area contributed by atoms with Crippen LogP contribution in [0, 0.1) is 0 Å². The number of hydrogen-bond acceptors (Lipinski definition) is 8. The molecule has 0 bridgehead atoms. The first-order valence-corrected chi connectivity index (χ1v) is 12.8.